The van der Waals surface area contributed by atoms with Crippen LogP contribution in [0, 0.1) is 0 Å². The summed E-state index contributed by atoms with van der Waals surface area (Å²) < 4.78 is 0. The van der Waals surface area contributed by atoms with Crippen LogP contribution in [0.15, 0.2) is 55.1 Å². The number of aromatic nitrogens is 3. The first kappa shape index (κ1) is 15.9. The van der Waals surface area contributed by atoms with Gasteiger partial charge in [0.2, 0.25) is 5.91 Å². The molecule has 0 fully saturated rings. The van der Waals surface area contributed by atoms with Crippen LogP contribution in [-0.4, -0.2) is 45.9 Å². The van der Waals surface area contributed by atoms with E-state index < -0.39 is 0 Å². The second kappa shape index (κ2) is 7.50. The van der Waals surface area contributed by atoms with Crippen molar-refractivity contribution in [1.82, 2.24) is 19.9 Å². The quantitative estimate of drug-likeness (QED) is 0.753. The molecule has 6 nitrogen and oxygen atoms in total. The number of amides is 1. The maximum atomic E-state index is 12.3. The van der Waals surface area contributed by atoms with Gasteiger partial charge in [-0.1, -0.05) is 12.1 Å². The third-order valence-corrected chi connectivity index (χ3v) is 3.86. The lowest BCUT2D eigenvalue weighted by Gasteiger charge is -2.18. The topological polar surface area (TPSA) is 71.0 Å². The number of hydrogen-bond donors (Lipinski definition) is 1. The molecule has 0 saturated carbocycles. The summed E-state index contributed by atoms with van der Waals surface area (Å²) in [7, 11) is 1.81. The fourth-order valence-corrected chi connectivity index (χ4v) is 2.41. The van der Waals surface area contributed by atoms with E-state index in [1.165, 1.54) is 11.9 Å². The van der Waals surface area contributed by atoms with Crippen LogP contribution in [0.5, 0.6) is 0 Å². The van der Waals surface area contributed by atoms with Gasteiger partial charge in [0.25, 0.3) is 0 Å². The van der Waals surface area contributed by atoms with Crippen molar-refractivity contribution < 1.29 is 4.79 Å². The first-order valence-corrected chi connectivity index (χ1v) is 7.80. The molecular weight excluding hydrogens is 302 g/mol. The van der Waals surface area contributed by atoms with E-state index in [0.29, 0.717) is 12.4 Å². The highest BCUT2D eigenvalue weighted by Gasteiger charge is 2.10. The van der Waals surface area contributed by atoms with Gasteiger partial charge < -0.3 is 10.2 Å². The van der Waals surface area contributed by atoms with Crippen LogP contribution in [0.1, 0.15) is 5.56 Å². The van der Waals surface area contributed by atoms with Gasteiger partial charge in [0, 0.05) is 31.4 Å². The second-order valence-corrected chi connectivity index (χ2v) is 5.51. The normalized spacial score (nSPS) is 10.5. The minimum Gasteiger partial charge on any atom is -0.360 e. The Balaban J connectivity index is 1.56. The molecule has 0 atom stereocenters. The van der Waals surface area contributed by atoms with E-state index in [-0.39, 0.29) is 12.5 Å². The van der Waals surface area contributed by atoms with Gasteiger partial charge >= 0.3 is 0 Å². The van der Waals surface area contributed by atoms with Crippen molar-refractivity contribution in [2.45, 2.75) is 6.42 Å². The van der Waals surface area contributed by atoms with E-state index in [4.69, 9.17) is 0 Å². The monoisotopic (exact) mass is 321 g/mol. The van der Waals surface area contributed by atoms with Crippen LogP contribution in [0.25, 0.3) is 10.9 Å². The van der Waals surface area contributed by atoms with Crippen LogP contribution in [0.3, 0.4) is 0 Å². The number of rotatable bonds is 6. The highest BCUT2D eigenvalue weighted by Crippen LogP contribution is 2.17. The molecule has 0 spiro atoms. The molecular formula is C18H19N5O. The van der Waals surface area contributed by atoms with Gasteiger partial charge in [-0.05, 0) is 36.2 Å². The van der Waals surface area contributed by atoms with Crippen LogP contribution in [0.2, 0.25) is 0 Å². The molecule has 0 aliphatic rings. The lowest BCUT2D eigenvalue weighted by atomic mass is 10.2. The first-order valence-electron chi connectivity index (χ1n) is 7.80. The van der Waals surface area contributed by atoms with Crippen molar-refractivity contribution in [3.63, 3.8) is 0 Å². The van der Waals surface area contributed by atoms with Gasteiger partial charge in [0.15, 0.2) is 0 Å². The summed E-state index contributed by atoms with van der Waals surface area (Å²) in [5, 5.41) is 4.02. The number of benzene rings is 1. The number of carbonyl (C=O) groups excluding carboxylic acids is 1. The predicted octanol–water partition coefficient (Wildman–Crippen LogP) is 2.14. The van der Waals surface area contributed by atoms with E-state index in [2.05, 4.69) is 20.3 Å². The van der Waals surface area contributed by atoms with Crippen LogP contribution < -0.4 is 5.32 Å². The van der Waals surface area contributed by atoms with E-state index >= 15 is 0 Å². The summed E-state index contributed by atoms with van der Waals surface area (Å²) in [4.78, 5) is 26.4. The van der Waals surface area contributed by atoms with Crippen molar-refractivity contribution in [2.24, 2.45) is 0 Å². The molecule has 0 unspecified atom stereocenters. The van der Waals surface area contributed by atoms with Crippen LogP contribution in [-0.2, 0) is 11.2 Å². The Morgan fingerprint density at radius 2 is 1.92 bits per heavy atom. The zero-order valence-electron chi connectivity index (χ0n) is 13.5. The van der Waals surface area contributed by atoms with Gasteiger partial charge in [0.1, 0.15) is 12.1 Å². The molecule has 0 aliphatic carbocycles. The number of para-hydroxylation sites is 1. The highest BCUT2D eigenvalue weighted by molar-refractivity contribution is 5.90. The molecule has 2 aromatic heterocycles. The van der Waals surface area contributed by atoms with Gasteiger partial charge in [0.05, 0.1) is 12.1 Å². The Bertz CT molecular complexity index is 817. The standard InChI is InChI=1S/C18H19N5O/c1-23(11-8-14-6-9-19-10-7-14)17(24)12-20-18-15-4-2-3-5-16(15)21-13-22-18/h2-7,9-10,13H,8,11-12H2,1H3,(H,20,21,22). The van der Waals surface area contributed by atoms with Crippen molar-refractivity contribution in [1.29, 1.82) is 0 Å². The third kappa shape index (κ3) is 3.84. The molecule has 0 radical (unpaired) electrons. The Morgan fingerprint density at radius 1 is 1.12 bits per heavy atom. The fraction of sp³-hybridized carbons (Fsp3) is 0.222. The Hall–Kier alpha value is -3.02. The molecule has 0 bridgehead atoms. The molecule has 0 aliphatic heterocycles. The number of nitrogens with zero attached hydrogens (tertiary/aromatic N) is 4. The average molecular weight is 321 g/mol. The van der Waals surface area contributed by atoms with E-state index in [1.54, 1.807) is 17.3 Å². The van der Waals surface area contributed by atoms with Gasteiger partial charge in [-0.3, -0.25) is 9.78 Å². The Morgan fingerprint density at radius 3 is 2.75 bits per heavy atom. The maximum Gasteiger partial charge on any atom is 0.241 e. The van der Waals surface area contributed by atoms with Crippen molar-refractivity contribution in [2.75, 3.05) is 25.5 Å². The number of nitrogens with one attached hydrogen (secondary N) is 1. The van der Waals surface area contributed by atoms with Crippen LogP contribution in [0.4, 0.5) is 5.82 Å². The summed E-state index contributed by atoms with van der Waals surface area (Å²) in [5.74, 6) is 0.697. The average Bonchev–Trinajstić information content (AvgIpc) is 2.65. The number of anilines is 1. The largest absolute Gasteiger partial charge is 0.360 e. The van der Waals surface area contributed by atoms with Gasteiger partial charge in [-0.25, -0.2) is 9.97 Å². The minimum absolute atomic E-state index is 0.0201. The summed E-state index contributed by atoms with van der Waals surface area (Å²) in [5.41, 5.74) is 2.02. The molecule has 1 aromatic carbocycles. The van der Waals surface area contributed by atoms with E-state index in [0.717, 1.165) is 17.3 Å². The zero-order valence-corrected chi connectivity index (χ0v) is 13.5. The SMILES string of the molecule is CN(CCc1ccncc1)C(=O)CNc1ncnc2ccccc12. The summed E-state index contributed by atoms with van der Waals surface area (Å²) in [6.45, 7) is 0.864. The Labute approximate surface area is 140 Å². The summed E-state index contributed by atoms with van der Waals surface area (Å²) in [6.07, 6.45) is 5.83. The second-order valence-electron chi connectivity index (χ2n) is 5.51. The molecule has 3 rings (SSSR count). The fourth-order valence-electron chi connectivity index (χ4n) is 2.41. The first-order chi connectivity index (χ1) is 11.7. The maximum absolute atomic E-state index is 12.3. The molecule has 2 heterocycles. The minimum atomic E-state index is 0.0201. The smallest absolute Gasteiger partial charge is 0.241 e. The molecule has 1 N–H and O–H groups in total. The molecule has 24 heavy (non-hydrogen) atoms. The van der Waals surface area contributed by atoms with E-state index in [9.17, 15) is 4.79 Å². The Kier molecular flexibility index (Phi) is 4.96. The zero-order chi connectivity index (χ0) is 16.8. The van der Waals surface area contributed by atoms with E-state index in [1.807, 2.05) is 43.4 Å². The number of likely N-dealkylation sites (N-methyl/N-ethyl adjacent to an activating group) is 1. The number of pyridine rings is 1. The number of fused-ring (bicyclic) bond motifs is 1. The molecule has 0 saturated heterocycles. The molecule has 122 valence electrons. The molecule has 6 heteroatoms. The number of hydrogen-bond acceptors (Lipinski definition) is 5. The highest BCUT2D eigenvalue weighted by atomic mass is 16.2. The lowest BCUT2D eigenvalue weighted by Crippen LogP contribution is -2.33. The lowest BCUT2D eigenvalue weighted by molar-refractivity contribution is -0.127. The third-order valence-electron chi connectivity index (χ3n) is 3.86. The van der Waals surface area contributed by atoms with Crippen molar-refractivity contribution >= 4 is 22.6 Å². The molecule has 3 aromatic rings. The van der Waals surface area contributed by atoms with Gasteiger partial charge in [-0.15, -0.1) is 0 Å². The van der Waals surface area contributed by atoms with Gasteiger partial charge in [-0.2, -0.15) is 0 Å². The predicted molar refractivity (Wildman–Crippen MR) is 93.6 cm³/mol. The van der Waals surface area contributed by atoms with Crippen LogP contribution >= 0.6 is 0 Å². The van der Waals surface area contributed by atoms with Crippen molar-refractivity contribution in [3.8, 4) is 0 Å². The summed E-state index contributed by atoms with van der Waals surface area (Å²) in [6, 6.07) is 11.6. The summed E-state index contributed by atoms with van der Waals surface area (Å²) >= 11 is 0. The number of carbonyl (C=O) groups is 1. The van der Waals surface area contributed by atoms with Crippen molar-refractivity contribution in [3.05, 3.63) is 60.7 Å². The molecule has 1 amide bonds.